The normalized spacial score (nSPS) is 20.5. The van der Waals surface area contributed by atoms with Crippen LogP contribution in [-0.4, -0.2) is 58.9 Å². The van der Waals surface area contributed by atoms with Crippen LogP contribution in [0.4, 0.5) is 0 Å². The lowest BCUT2D eigenvalue weighted by Crippen LogP contribution is -2.53. The summed E-state index contributed by atoms with van der Waals surface area (Å²) in [6.07, 6.45) is 18.2. The van der Waals surface area contributed by atoms with Crippen molar-refractivity contribution in [1.29, 1.82) is 0 Å². The Balaban J connectivity index is 2.29. The van der Waals surface area contributed by atoms with Gasteiger partial charge in [0.25, 0.3) is 0 Å². The molecule has 0 aliphatic heterocycles. The lowest BCUT2D eigenvalue weighted by Gasteiger charge is -2.41. The highest BCUT2D eigenvalue weighted by Crippen LogP contribution is 2.31. The summed E-state index contributed by atoms with van der Waals surface area (Å²) >= 11 is 11.9. The molecule has 1 aliphatic carbocycles. The predicted molar refractivity (Wildman–Crippen MR) is 142 cm³/mol. The van der Waals surface area contributed by atoms with E-state index in [4.69, 9.17) is 27.9 Å². The van der Waals surface area contributed by atoms with Crippen molar-refractivity contribution in [3.8, 4) is 0 Å². The number of halogens is 2. The van der Waals surface area contributed by atoms with Crippen LogP contribution in [0, 0.1) is 5.92 Å². The maximum Gasteiger partial charge on any atom is 0.310 e. The number of alkyl halides is 2. The number of hydrogen-bond acceptors (Lipinski definition) is 4. The molecule has 0 spiro atoms. The van der Waals surface area contributed by atoms with Gasteiger partial charge in [-0.3, -0.25) is 14.5 Å². The van der Waals surface area contributed by atoms with Gasteiger partial charge in [-0.1, -0.05) is 90.4 Å². The largest absolute Gasteiger partial charge is 0.481 e. The van der Waals surface area contributed by atoms with E-state index in [1.807, 2.05) is 0 Å². The van der Waals surface area contributed by atoms with Gasteiger partial charge in [0.05, 0.1) is 5.92 Å². The fourth-order valence-electron chi connectivity index (χ4n) is 5.12. The topological polar surface area (TPSA) is 66.8 Å². The minimum Gasteiger partial charge on any atom is -0.481 e. The molecule has 0 unspecified atom stereocenters. The minimum atomic E-state index is -0.889. The van der Waals surface area contributed by atoms with Crippen LogP contribution in [0.25, 0.3) is 0 Å². The summed E-state index contributed by atoms with van der Waals surface area (Å²) in [7, 11) is 0. The van der Waals surface area contributed by atoms with Gasteiger partial charge >= 0.3 is 11.9 Å². The van der Waals surface area contributed by atoms with E-state index in [0.717, 1.165) is 32.1 Å². The average Bonchev–Trinajstić information content (AvgIpc) is 2.82. The van der Waals surface area contributed by atoms with E-state index in [1.54, 1.807) is 0 Å². The van der Waals surface area contributed by atoms with Crippen molar-refractivity contribution in [2.45, 2.75) is 128 Å². The second kappa shape index (κ2) is 20.7. The van der Waals surface area contributed by atoms with Gasteiger partial charge in [-0.25, -0.2) is 0 Å². The predicted octanol–water partition coefficient (Wildman–Crippen LogP) is 7.41. The second-order valence-corrected chi connectivity index (χ2v) is 10.6. The standard InChI is InChI=1S/C27H49Cl2NO4/c1-2-3-4-5-6-7-8-9-10-11-12-13-14-18-25(31)34-26-23(27(32)33)16-15-17-24(26)30(21-19-28)22-20-29/h23-24,26H,2-22H2,1H3,(H,32,33)/t23-,24+,26+/m0/s1. The molecule has 1 rings (SSSR count). The molecule has 5 nitrogen and oxygen atoms in total. The highest BCUT2D eigenvalue weighted by atomic mass is 35.5. The molecule has 34 heavy (non-hydrogen) atoms. The minimum absolute atomic E-state index is 0.136. The summed E-state index contributed by atoms with van der Waals surface area (Å²) in [5, 5.41) is 9.72. The summed E-state index contributed by atoms with van der Waals surface area (Å²) in [6.45, 7) is 3.47. The Labute approximate surface area is 218 Å². The summed E-state index contributed by atoms with van der Waals surface area (Å²) in [5.41, 5.74) is 0. The van der Waals surface area contributed by atoms with Gasteiger partial charge in [0.2, 0.25) is 0 Å². The molecule has 200 valence electrons. The third-order valence-electron chi connectivity index (χ3n) is 7.07. The number of hydrogen-bond donors (Lipinski definition) is 1. The fourth-order valence-corrected chi connectivity index (χ4v) is 5.55. The number of carboxylic acid groups (broad SMARTS) is 1. The van der Waals surface area contributed by atoms with Crippen LogP contribution in [-0.2, 0) is 14.3 Å². The number of carbonyl (C=O) groups excluding carboxylic acids is 1. The number of rotatable bonds is 21. The third-order valence-corrected chi connectivity index (χ3v) is 7.41. The second-order valence-electron chi connectivity index (χ2n) is 9.80. The Morgan fingerprint density at radius 1 is 0.824 bits per heavy atom. The molecule has 7 heteroatoms. The van der Waals surface area contributed by atoms with Crippen LogP contribution in [0.1, 0.15) is 116 Å². The van der Waals surface area contributed by atoms with E-state index in [9.17, 15) is 14.7 Å². The van der Waals surface area contributed by atoms with Crippen LogP contribution in [0.2, 0.25) is 0 Å². The number of nitrogens with zero attached hydrogens (tertiary/aromatic N) is 1. The van der Waals surface area contributed by atoms with Crippen LogP contribution >= 0.6 is 23.2 Å². The Morgan fingerprint density at radius 2 is 1.32 bits per heavy atom. The molecule has 0 saturated heterocycles. The summed E-state index contributed by atoms with van der Waals surface area (Å²) in [6, 6.07) is -0.136. The van der Waals surface area contributed by atoms with E-state index in [2.05, 4.69) is 11.8 Å². The first-order chi connectivity index (χ1) is 16.5. The average molecular weight is 523 g/mol. The highest BCUT2D eigenvalue weighted by Gasteiger charge is 2.42. The van der Waals surface area contributed by atoms with Gasteiger partial charge in [0.15, 0.2) is 0 Å². The molecule has 0 radical (unpaired) electrons. The summed E-state index contributed by atoms with van der Waals surface area (Å²) in [4.78, 5) is 26.5. The van der Waals surface area contributed by atoms with Gasteiger partial charge in [0.1, 0.15) is 6.10 Å². The van der Waals surface area contributed by atoms with Crippen molar-refractivity contribution in [3.05, 3.63) is 0 Å². The van der Waals surface area contributed by atoms with E-state index in [0.29, 0.717) is 37.7 Å². The smallest absolute Gasteiger partial charge is 0.310 e. The zero-order valence-electron chi connectivity index (χ0n) is 21.5. The molecule has 3 atom stereocenters. The first-order valence-electron chi connectivity index (χ1n) is 13.8. The lowest BCUT2D eigenvalue weighted by atomic mass is 9.82. The number of carbonyl (C=O) groups is 2. The molecular formula is C27H49Cl2NO4. The maximum atomic E-state index is 12.6. The number of ether oxygens (including phenoxy) is 1. The van der Waals surface area contributed by atoms with Crippen LogP contribution in [0.3, 0.4) is 0 Å². The molecule has 0 amide bonds. The van der Waals surface area contributed by atoms with Gasteiger partial charge < -0.3 is 9.84 Å². The van der Waals surface area contributed by atoms with Crippen molar-refractivity contribution in [2.75, 3.05) is 24.8 Å². The molecule has 1 N–H and O–H groups in total. The van der Waals surface area contributed by atoms with Crippen molar-refractivity contribution in [2.24, 2.45) is 5.92 Å². The SMILES string of the molecule is CCCCCCCCCCCCCCCC(=O)O[C@@H]1[C@@H](C(=O)O)CCC[C@H]1N(CCCl)CCCl. The molecule has 1 aliphatic rings. The first-order valence-corrected chi connectivity index (χ1v) is 14.9. The summed E-state index contributed by atoms with van der Waals surface area (Å²) < 4.78 is 5.81. The Kier molecular flexibility index (Phi) is 19.1. The van der Waals surface area contributed by atoms with E-state index in [1.165, 1.54) is 64.2 Å². The number of unbranched alkanes of at least 4 members (excludes halogenated alkanes) is 12. The molecule has 0 aromatic heterocycles. The molecule has 1 fully saturated rings. The van der Waals surface area contributed by atoms with Crippen molar-refractivity contribution < 1.29 is 19.4 Å². The van der Waals surface area contributed by atoms with Crippen molar-refractivity contribution in [3.63, 3.8) is 0 Å². The molecule has 0 bridgehead atoms. The zero-order chi connectivity index (χ0) is 25.0. The van der Waals surface area contributed by atoms with E-state index < -0.39 is 18.0 Å². The van der Waals surface area contributed by atoms with Gasteiger partial charge in [-0.05, 0) is 19.3 Å². The number of aliphatic carboxylic acids is 1. The molecule has 0 aromatic carbocycles. The van der Waals surface area contributed by atoms with Crippen LogP contribution in [0.15, 0.2) is 0 Å². The lowest BCUT2D eigenvalue weighted by molar-refractivity contribution is -0.167. The fraction of sp³-hybridized carbons (Fsp3) is 0.926. The van der Waals surface area contributed by atoms with Crippen LogP contribution in [0.5, 0.6) is 0 Å². The first kappa shape index (κ1) is 31.5. The Bertz CT molecular complexity index is 529. The Morgan fingerprint density at radius 3 is 1.79 bits per heavy atom. The Hall–Kier alpha value is -0.520. The number of carboxylic acids is 1. The summed E-state index contributed by atoms with van der Waals surface area (Å²) in [5.74, 6) is -0.958. The van der Waals surface area contributed by atoms with Crippen LogP contribution < -0.4 is 0 Å². The molecule has 1 saturated carbocycles. The van der Waals surface area contributed by atoms with Gasteiger partial charge in [-0.15, -0.1) is 23.2 Å². The third kappa shape index (κ3) is 13.5. The zero-order valence-corrected chi connectivity index (χ0v) is 23.0. The molecule has 0 heterocycles. The monoisotopic (exact) mass is 521 g/mol. The van der Waals surface area contributed by atoms with E-state index in [-0.39, 0.29) is 12.0 Å². The highest BCUT2D eigenvalue weighted by molar-refractivity contribution is 6.18. The molecule has 0 aromatic rings. The molecular weight excluding hydrogens is 473 g/mol. The maximum absolute atomic E-state index is 12.6. The quantitative estimate of drug-likeness (QED) is 0.0966. The van der Waals surface area contributed by atoms with Gasteiger partial charge in [0, 0.05) is 37.3 Å². The van der Waals surface area contributed by atoms with E-state index >= 15 is 0 Å². The number of esters is 1. The van der Waals surface area contributed by atoms with Crippen molar-refractivity contribution in [1.82, 2.24) is 4.90 Å². The van der Waals surface area contributed by atoms with Gasteiger partial charge in [-0.2, -0.15) is 0 Å². The van der Waals surface area contributed by atoms with Crippen molar-refractivity contribution >= 4 is 35.1 Å².